The molecule has 0 fully saturated rings. The number of benzene rings is 1. The van der Waals surface area contributed by atoms with Crippen LogP contribution in [0.4, 0.5) is 0 Å². The van der Waals surface area contributed by atoms with E-state index in [9.17, 15) is 20.0 Å². The number of carbonyl (C=O) groups excluding carboxylic acids is 1. The van der Waals surface area contributed by atoms with E-state index in [1.54, 1.807) is 6.92 Å². The molecule has 0 bridgehead atoms. The van der Waals surface area contributed by atoms with Crippen molar-refractivity contribution in [2.75, 3.05) is 6.61 Å². The van der Waals surface area contributed by atoms with E-state index in [2.05, 4.69) is 6.92 Å². The third-order valence-corrected chi connectivity index (χ3v) is 5.82. The van der Waals surface area contributed by atoms with Gasteiger partial charge < -0.3 is 9.84 Å². The number of rotatable bonds is 9. The van der Waals surface area contributed by atoms with Gasteiger partial charge in [-0.1, -0.05) is 49.9 Å². The summed E-state index contributed by atoms with van der Waals surface area (Å²) in [4.78, 5) is 26.0. The number of nitrogens with zero attached hydrogens (tertiary/aromatic N) is 2. The fourth-order valence-electron chi connectivity index (χ4n) is 3.28. The van der Waals surface area contributed by atoms with Crippen LogP contribution in [-0.2, 0) is 0 Å². The maximum atomic E-state index is 13.3. The Hall–Kier alpha value is -2.49. The van der Waals surface area contributed by atoms with E-state index in [4.69, 9.17) is 27.9 Å². The SMILES string of the molecule is CCCCCOc1c(Cl)cc(C(=O)c2c(C)c(C#N)c(=O)n(C(C)CC)c2O)cc1Cl. The van der Waals surface area contributed by atoms with E-state index in [0.717, 1.165) is 23.8 Å². The maximum absolute atomic E-state index is 13.3. The van der Waals surface area contributed by atoms with Gasteiger partial charge in [-0.05, 0) is 44.4 Å². The number of ether oxygens (including phenoxy) is 1. The number of pyridine rings is 1. The van der Waals surface area contributed by atoms with Crippen LogP contribution in [-0.4, -0.2) is 22.1 Å². The molecule has 1 heterocycles. The summed E-state index contributed by atoms with van der Waals surface area (Å²) in [7, 11) is 0. The van der Waals surface area contributed by atoms with Gasteiger partial charge in [-0.15, -0.1) is 0 Å². The lowest BCUT2D eigenvalue weighted by Crippen LogP contribution is -2.28. The van der Waals surface area contributed by atoms with Gasteiger partial charge in [0.05, 0.1) is 22.2 Å². The number of carbonyl (C=O) groups is 1. The lowest BCUT2D eigenvalue weighted by Gasteiger charge is -2.20. The van der Waals surface area contributed by atoms with Crippen molar-refractivity contribution < 1.29 is 14.6 Å². The van der Waals surface area contributed by atoms with Crippen molar-refractivity contribution >= 4 is 29.0 Å². The third kappa shape index (κ3) is 5.06. The number of ketones is 1. The molecule has 0 radical (unpaired) electrons. The number of nitriles is 1. The largest absolute Gasteiger partial charge is 0.494 e. The first-order chi connectivity index (χ1) is 14.7. The summed E-state index contributed by atoms with van der Waals surface area (Å²) in [6.07, 6.45) is 3.43. The van der Waals surface area contributed by atoms with E-state index in [1.165, 1.54) is 19.1 Å². The molecular formula is C23H26Cl2N2O4. The molecule has 0 amide bonds. The van der Waals surface area contributed by atoms with Gasteiger partial charge >= 0.3 is 0 Å². The minimum atomic E-state index is -0.629. The predicted molar refractivity (Wildman–Crippen MR) is 122 cm³/mol. The van der Waals surface area contributed by atoms with Crippen molar-refractivity contribution in [2.45, 2.75) is 59.4 Å². The van der Waals surface area contributed by atoms with Gasteiger partial charge in [0.1, 0.15) is 11.6 Å². The average Bonchev–Trinajstić information content (AvgIpc) is 2.72. The summed E-state index contributed by atoms with van der Waals surface area (Å²) >= 11 is 12.6. The number of aromatic hydroxyl groups is 1. The Morgan fingerprint density at radius 3 is 2.39 bits per heavy atom. The number of aromatic nitrogens is 1. The van der Waals surface area contributed by atoms with Crippen LogP contribution in [0.15, 0.2) is 16.9 Å². The molecule has 1 unspecified atom stereocenters. The molecule has 1 N–H and O–H groups in total. The summed E-state index contributed by atoms with van der Waals surface area (Å²) in [5, 5.41) is 20.6. The highest BCUT2D eigenvalue weighted by Crippen LogP contribution is 2.36. The second-order valence-electron chi connectivity index (χ2n) is 7.40. The molecule has 1 atom stereocenters. The van der Waals surface area contributed by atoms with Gasteiger partial charge in [-0.3, -0.25) is 14.2 Å². The first kappa shape index (κ1) is 24.8. The summed E-state index contributed by atoms with van der Waals surface area (Å²) in [5.41, 5.74) is -0.709. The first-order valence-corrected chi connectivity index (χ1v) is 11.0. The Balaban J connectivity index is 2.57. The lowest BCUT2D eigenvalue weighted by atomic mass is 9.96. The van der Waals surface area contributed by atoms with E-state index in [1.807, 2.05) is 13.0 Å². The van der Waals surface area contributed by atoms with Crippen LogP contribution in [0.1, 0.15) is 79.5 Å². The van der Waals surface area contributed by atoms with Gasteiger partial charge in [0.15, 0.2) is 11.5 Å². The van der Waals surface area contributed by atoms with Crippen molar-refractivity contribution in [3.63, 3.8) is 0 Å². The zero-order valence-corrected chi connectivity index (χ0v) is 19.6. The Morgan fingerprint density at radius 1 is 1.26 bits per heavy atom. The van der Waals surface area contributed by atoms with Crippen LogP contribution >= 0.6 is 23.2 Å². The first-order valence-electron chi connectivity index (χ1n) is 10.2. The topological polar surface area (TPSA) is 92.3 Å². The lowest BCUT2D eigenvalue weighted by molar-refractivity contribution is 0.103. The van der Waals surface area contributed by atoms with Crippen LogP contribution in [0, 0.1) is 18.3 Å². The van der Waals surface area contributed by atoms with E-state index in [-0.39, 0.29) is 32.3 Å². The maximum Gasteiger partial charge on any atom is 0.271 e. The molecule has 8 heteroatoms. The molecule has 0 aliphatic rings. The molecule has 2 aromatic rings. The molecule has 0 spiro atoms. The Bertz CT molecular complexity index is 1060. The molecule has 166 valence electrons. The van der Waals surface area contributed by atoms with Gasteiger partial charge in [0.25, 0.3) is 5.56 Å². The van der Waals surface area contributed by atoms with Gasteiger partial charge in [-0.25, -0.2) is 0 Å². The van der Waals surface area contributed by atoms with Gasteiger partial charge in [-0.2, -0.15) is 5.26 Å². The Labute approximate surface area is 192 Å². The quantitative estimate of drug-likeness (QED) is 0.373. The van der Waals surface area contributed by atoms with Crippen LogP contribution in [0.5, 0.6) is 11.6 Å². The smallest absolute Gasteiger partial charge is 0.271 e. The molecule has 0 saturated heterocycles. The van der Waals surface area contributed by atoms with Crippen molar-refractivity contribution in [3.05, 3.63) is 54.8 Å². The van der Waals surface area contributed by atoms with Crippen molar-refractivity contribution in [2.24, 2.45) is 0 Å². The highest BCUT2D eigenvalue weighted by molar-refractivity contribution is 6.38. The van der Waals surface area contributed by atoms with Gasteiger partial charge in [0.2, 0.25) is 5.88 Å². The van der Waals surface area contributed by atoms with Crippen LogP contribution in [0.3, 0.4) is 0 Å². The molecule has 0 aliphatic carbocycles. The minimum Gasteiger partial charge on any atom is -0.494 e. The van der Waals surface area contributed by atoms with Crippen molar-refractivity contribution in [3.8, 4) is 17.7 Å². The molecule has 1 aromatic carbocycles. The molecule has 6 nitrogen and oxygen atoms in total. The van der Waals surface area contributed by atoms with E-state index in [0.29, 0.717) is 18.8 Å². The fraction of sp³-hybridized carbons (Fsp3) is 0.435. The van der Waals surface area contributed by atoms with Crippen LogP contribution in [0.2, 0.25) is 10.0 Å². The highest BCUT2D eigenvalue weighted by Gasteiger charge is 2.27. The molecule has 2 rings (SSSR count). The summed E-state index contributed by atoms with van der Waals surface area (Å²) in [6.45, 7) is 7.56. The Kier molecular flexibility index (Phi) is 8.55. The zero-order chi connectivity index (χ0) is 23.3. The predicted octanol–water partition coefficient (Wildman–Crippen LogP) is 5.81. The molecule has 0 saturated carbocycles. The summed E-state index contributed by atoms with van der Waals surface area (Å²) in [6, 6.07) is 4.27. The number of hydrogen-bond acceptors (Lipinski definition) is 5. The second kappa shape index (κ2) is 10.7. The van der Waals surface area contributed by atoms with E-state index >= 15 is 0 Å². The zero-order valence-electron chi connectivity index (χ0n) is 18.1. The third-order valence-electron chi connectivity index (χ3n) is 5.26. The van der Waals surface area contributed by atoms with Crippen molar-refractivity contribution in [1.82, 2.24) is 4.57 Å². The molecule has 31 heavy (non-hydrogen) atoms. The number of hydrogen-bond donors (Lipinski definition) is 1. The molecule has 1 aromatic heterocycles. The van der Waals surface area contributed by atoms with Gasteiger partial charge in [0, 0.05) is 11.6 Å². The standard InChI is InChI=1S/C23H26Cl2N2O4/c1-5-7-8-9-31-21-17(24)10-15(11-18(21)25)20(28)19-14(4)16(12-26)22(29)27(23(19)30)13(3)6-2/h10-11,13,30H,5-9H2,1-4H3. The molecule has 0 aliphatic heterocycles. The van der Waals surface area contributed by atoms with Crippen molar-refractivity contribution in [1.29, 1.82) is 5.26 Å². The normalized spacial score (nSPS) is 11.8. The monoisotopic (exact) mass is 464 g/mol. The van der Waals surface area contributed by atoms with Crippen LogP contribution in [0.25, 0.3) is 0 Å². The minimum absolute atomic E-state index is 0.113. The highest BCUT2D eigenvalue weighted by atomic mass is 35.5. The molecular weight excluding hydrogens is 439 g/mol. The fourth-order valence-corrected chi connectivity index (χ4v) is 3.88. The second-order valence-corrected chi connectivity index (χ2v) is 8.21. The van der Waals surface area contributed by atoms with Crippen LogP contribution < -0.4 is 10.3 Å². The summed E-state index contributed by atoms with van der Waals surface area (Å²) < 4.78 is 6.74. The number of halogens is 2. The summed E-state index contributed by atoms with van der Waals surface area (Å²) in [5.74, 6) is -0.780. The Morgan fingerprint density at radius 2 is 1.87 bits per heavy atom. The number of unbranched alkanes of at least 4 members (excludes halogenated alkanes) is 2. The average molecular weight is 465 g/mol. The van der Waals surface area contributed by atoms with E-state index < -0.39 is 23.3 Å².